The highest BCUT2D eigenvalue weighted by Gasteiger charge is 2.55. The molecule has 0 spiro atoms. The van der Waals surface area contributed by atoms with Crippen LogP contribution in [-0.4, -0.2) is 52.9 Å². The summed E-state index contributed by atoms with van der Waals surface area (Å²) in [4.78, 5) is 0. The first-order valence-corrected chi connectivity index (χ1v) is 24.4. The number of unbranched alkanes of at least 4 members (excludes halogenated alkanes) is 2. The van der Waals surface area contributed by atoms with Gasteiger partial charge in [0.15, 0.2) is 0 Å². The molecule has 63 heavy (non-hydrogen) atoms. The van der Waals surface area contributed by atoms with Crippen molar-refractivity contribution in [3.05, 3.63) is 142 Å². The Balaban J connectivity index is 2.17. The Morgan fingerprint density at radius 1 is 0.365 bits per heavy atom. The summed E-state index contributed by atoms with van der Waals surface area (Å²) >= 11 is 0. The van der Waals surface area contributed by atoms with Crippen LogP contribution in [0.3, 0.4) is 0 Å². The molecule has 0 aliphatic carbocycles. The van der Waals surface area contributed by atoms with Gasteiger partial charge >= 0.3 is 0 Å². The quantitative estimate of drug-likeness (QED) is 0.0658. The highest BCUT2D eigenvalue weighted by atomic mass is 16.5. The van der Waals surface area contributed by atoms with Gasteiger partial charge in [0.1, 0.15) is 0 Å². The summed E-state index contributed by atoms with van der Waals surface area (Å²) in [5, 5.41) is 0. The molecule has 348 valence electrons. The minimum atomic E-state index is -0.565. The molecular formula is C59H88O4. The van der Waals surface area contributed by atoms with Crippen molar-refractivity contribution in [1.29, 1.82) is 0 Å². The van der Waals surface area contributed by atoms with Crippen molar-refractivity contribution in [2.45, 2.75) is 174 Å². The first-order chi connectivity index (χ1) is 29.7. The van der Waals surface area contributed by atoms with E-state index in [9.17, 15) is 0 Å². The van der Waals surface area contributed by atoms with Crippen LogP contribution in [0.25, 0.3) is 0 Å². The monoisotopic (exact) mass is 861 g/mol. The lowest BCUT2D eigenvalue weighted by Crippen LogP contribution is -2.54. The predicted octanol–water partition coefficient (Wildman–Crippen LogP) is 14.8. The van der Waals surface area contributed by atoms with Crippen LogP contribution in [-0.2, 0) is 57.9 Å². The van der Waals surface area contributed by atoms with Gasteiger partial charge in [0.25, 0.3) is 0 Å². The van der Waals surface area contributed by atoms with Crippen LogP contribution in [0, 0.1) is 0 Å². The first-order valence-electron chi connectivity index (χ1n) is 24.4. The topological polar surface area (TPSA) is 36.9 Å². The lowest BCUT2D eigenvalue weighted by molar-refractivity contribution is 0.0170. The van der Waals surface area contributed by atoms with Gasteiger partial charge in [-0.15, -0.1) is 0 Å². The van der Waals surface area contributed by atoms with Crippen molar-refractivity contribution in [1.82, 2.24) is 0 Å². The largest absolute Gasteiger partial charge is 0.379 e. The molecule has 0 saturated heterocycles. The summed E-state index contributed by atoms with van der Waals surface area (Å²) in [5.74, 6) is 0. The van der Waals surface area contributed by atoms with Crippen LogP contribution in [0.4, 0.5) is 0 Å². The number of rotatable bonds is 24. The molecule has 4 nitrogen and oxygen atoms in total. The molecule has 0 atom stereocenters. The molecule has 0 radical (unpaired) electrons. The second kappa shape index (κ2) is 23.3. The van der Waals surface area contributed by atoms with Crippen LogP contribution in [0.2, 0.25) is 0 Å². The van der Waals surface area contributed by atoms with Gasteiger partial charge in [-0.05, 0) is 98.3 Å². The van der Waals surface area contributed by atoms with E-state index in [1.807, 2.05) is 0 Å². The Bertz CT molecular complexity index is 1860. The second-order valence-corrected chi connectivity index (χ2v) is 22.2. The van der Waals surface area contributed by atoms with Crippen LogP contribution < -0.4 is 0 Å². The van der Waals surface area contributed by atoms with Crippen molar-refractivity contribution in [2.24, 2.45) is 0 Å². The summed E-state index contributed by atoms with van der Waals surface area (Å²) in [6, 6.07) is 37.7. The Morgan fingerprint density at radius 3 is 1.16 bits per heavy atom. The summed E-state index contributed by atoms with van der Waals surface area (Å²) in [5.41, 5.74) is 9.55. The van der Waals surface area contributed by atoms with Crippen LogP contribution in [0.15, 0.2) is 97.1 Å². The van der Waals surface area contributed by atoms with Crippen molar-refractivity contribution in [3.63, 3.8) is 0 Å². The van der Waals surface area contributed by atoms with Gasteiger partial charge in [0, 0.05) is 37.3 Å². The van der Waals surface area contributed by atoms with E-state index >= 15 is 0 Å². The average molecular weight is 861 g/mol. The van der Waals surface area contributed by atoms with Gasteiger partial charge in [-0.3, -0.25) is 0 Å². The lowest BCUT2D eigenvalue weighted by atomic mass is 9.48. The molecule has 0 amide bonds. The summed E-state index contributed by atoms with van der Waals surface area (Å²) in [7, 11) is 0. The maximum atomic E-state index is 6.74. The number of benzene rings is 4. The fourth-order valence-electron chi connectivity index (χ4n) is 9.45. The SMILES string of the molecule is CCCCOCCOCCC(CCOCCOCCCC)(c1ccc(C(C)(C)C)cc1C(C)(C)C)C(Cc1ccc(C(C)(C)C)cc1C(C)(C)C)(c1ccccc1)c1ccccc1. The minimum absolute atomic E-state index is 0.0177. The summed E-state index contributed by atoms with van der Waals surface area (Å²) in [6.07, 6.45) is 6.74. The molecule has 0 N–H and O–H groups in total. The molecule has 0 aromatic heterocycles. The third-order valence-electron chi connectivity index (χ3n) is 13.2. The molecule has 0 heterocycles. The summed E-state index contributed by atoms with van der Waals surface area (Å²) < 4.78 is 25.5. The standard InChI is InChI=1S/C59H88O4/c1-15-17-35-60-39-41-62-37-33-58(34-38-63-42-40-61-36-18-16-2,51-32-31-50(55(6,7)8)44-53(51)57(12,13)14)59(47-25-21-19-22-26-47,48-27-23-20-24-28-48)45-46-29-30-49(54(3,4)5)43-52(46)56(9,10)11/h19-32,43-44H,15-18,33-42,45H2,1-14H3. The molecule has 4 rings (SSSR count). The molecular weight excluding hydrogens is 773 g/mol. The van der Waals surface area contributed by atoms with Crippen molar-refractivity contribution >= 4 is 0 Å². The predicted molar refractivity (Wildman–Crippen MR) is 269 cm³/mol. The Hall–Kier alpha value is -3.28. The van der Waals surface area contributed by atoms with Crippen LogP contribution >= 0.6 is 0 Å². The maximum absolute atomic E-state index is 6.74. The zero-order chi connectivity index (χ0) is 46.4. The molecule has 0 fully saturated rings. The first kappa shape index (κ1) is 52.3. The molecule has 4 heteroatoms. The van der Waals surface area contributed by atoms with Crippen molar-refractivity contribution < 1.29 is 18.9 Å². The van der Waals surface area contributed by atoms with Gasteiger partial charge in [-0.25, -0.2) is 0 Å². The lowest BCUT2D eigenvalue weighted by Gasteiger charge is -2.55. The normalized spacial score (nSPS) is 13.2. The molecule has 0 bridgehead atoms. The van der Waals surface area contributed by atoms with E-state index in [0.29, 0.717) is 39.6 Å². The average Bonchev–Trinajstić information content (AvgIpc) is 3.23. The minimum Gasteiger partial charge on any atom is -0.379 e. The van der Waals surface area contributed by atoms with Crippen molar-refractivity contribution in [2.75, 3.05) is 52.9 Å². The van der Waals surface area contributed by atoms with E-state index in [1.165, 1.54) is 44.5 Å². The van der Waals surface area contributed by atoms with E-state index in [0.717, 1.165) is 58.2 Å². The van der Waals surface area contributed by atoms with Crippen LogP contribution in [0.5, 0.6) is 0 Å². The second-order valence-electron chi connectivity index (χ2n) is 22.2. The Kier molecular flexibility index (Phi) is 19.3. The zero-order valence-electron chi connectivity index (χ0n) is 42.5. The Labute approximate surface area is 386 Å². The summed E-state index contributed by atoms with van der Waals surface area (Å²) in [6.45, 7) is 37.8. The number of ether oxygens (including phenoxy) is 4. The Morgan fingerprint density at radius 2 is 0.762 bits per heavy atom. The van der Waals surface area contributed by atoms with E-state index in [2.05, 4.69) is 194 Å². The van der Waals surface area contributed by atoms with Gasteiger partial charge in [0.2, 0.25) is 0 Å². The number of hydrogen-bond donors (Lipinski definition) is 0. The van der Waals surface area contributed by atoms with E-state index in [4.69, 9.17) is 18.9 Å². The highest BCUT2D eigenvalue weighted by molar-refractivity contribution is 5.56. The van der Waals surface area contributed by atoms with Gasteiger partial charge in [-0.2, -0.15) is 0 Å². The van der Waals surface area contributed by atoms with E-state index < -0.39 is 10.8 Å². The molecule has 4 aromatic rings. The zero-order valence-corrected chi connectivity index (χ0v) is 42.5. The third-order valence-corrected chi connectivity index (χ3v) is 13.2. The molecule has 0 aliphatic heterocycles. The van der Waals surface area contributed by atoms with Crippen LogP contribution in [0.1, 0.15) is 180 Å². The smallest absolute Gasteiger partial charge is 0.0700 e. The fourth-order valence-corrected chi connectivity index (χ4v) is 9.45. The fraction of sp³-hybridized carbons (Fsp3) is 0.593. The van der Waals surface area contributed by atoms with Gasteiger partial charge < -0.3 is 18.9 Å². The maximum Gasteiger partial charge on any atom is 0.0700 e. The highest BCUT2D eigenvalue weighted by Crippen LogP contribution is 2.57. The van der Waals surface area contributed by atoms with E-state index in [-0.39, 0.29) is 21.7 Å². The molecule has 0 aliphatic rings. The van der Waals surface area contributed by atoms with Gasteiger partial charge in [0.05, 0.1) is 26.4 Å². The number of hydrogen-bond acceptors (Lipinski definition) is 4. The van der Waals surface area contributed by atoms with E-state index in [1.54, 1.807) is 0 Å². The van der Waals surface area contributed by atoms with Gasteiger partial charge in [-0.1, -0.05) is 207 Å². The molecule has 0 unspecified atom stereocenters. The molecule has 4 aromatic carbocycles. The van der Waals surface area contributed by atoms with Crippen molar-refractivity contribution in [3.8, 4) is 0 Å². The third kappa shape index (κ3) is 13.9. The molecule has 0 saturated carbocycles.